The Morgan fingerprint density at radius 2 is 0.909 bits per heavy atom. The Hall–Kier alpha value is -7.36. The van der Waals surface area contributed by atoms with Gasteiger partial charge in [0.25, 0.3) is 0 Å². The monoisotopic (exact) mass is 1030 g/mol. The summed E-state index contributed by atoms with van der Waals surface area (Å²) >= 11 is 0. The van der Waals surface area contributed by atoms with E-state index in [1.807, 2.05) is 55.0 Å². The summed E-state index contributed by atoms with van der Waals surface area (Å²) in [6, 6.07) is 79.7. The van der Waals surface area contributed by atoms with Crippen LogP contribution in [0.25, 0.3) is 78.3 Å². The Morgan fingerprint density at radius 3 is 1.50 bits per heavy atom. The predicted octanol–water partition coefficient (Wildman–Crippen LogP) is 14.8. The first-order valence-electron chi connectivity index (χ1n) is 22.3. The fourth-order valence-corrected chi connectivity index (χ4v) is 8.57. The standard InChI is InChI=1S/C62H46N3.Ir/c1-44-20-35-62(65-43-44)54-33-34-58(59(42-54)53-15-11-14-52(41-53)49-12-3-2-4-13-49)57-17-6-5-16-56(57)55-39-47(23-21-45-25-29-50(30-26-45)60-18-7-9-36-63-60)38-48(40-55)24-22-46-27-31-51(32-28-46)61-19-8-10-37-64-61;/h2-20,25-29,31,34-43H,21-24H2,1H3;/q-3;+3. The number of aryl methyl sites for hydroxylation is 5. The van der Waals surface area contributed by atoms with Crippen LogP contribution in [0.2, 0.25) is 0 Å². The predicted molar refractivity (Wildman–Crippen MR) is 267 cm³/mol. The molecule has 3 aromatic heterocycles. The number of aromatic nitrogens is 3. The minimum atomic E-state index is 0. The molecule has 3 nitrogen and oxygen atoms in total. The minimum Gasteiger partial charge on any atom is -0.305 e. The van der Waals surface area contributed by atoms with Crippen molar-refractivity contribution in [1.82, 2.24) is 15.0 Å². The van der Waals surface area contributed by atoms with Gasteiger partial charge in [-0.2, -0.15) is 0 Å². The second-order valence-corrected chi connectivity index (χ2v) is 16.6. The largest absolute Gasteiger partial charge is 3.00 e. The summed E-state index contributed by atoms with van der Waals surface area (Å²) in [4.78, 5) is 13.9. The van der Waals surface area contributed by atoms with Crippen molar-refractivity contribution < 1.29 is 20.1 Å². The molecule has 0 saturated heterocycles. The van der Waals surface area contributed by atoms with E-state index in [1.54, 1.807) is 0 Å². The Morgan fingerprint density at radius 1 is 0.348 bits per heavy atom. The maximum absolute atomic E-state index is 4.81. The van der Waals surface area contributed by atoms with Gasteiger partial charge in [-0.1, -0.05) is 157 Å². The van der Waals surface area contributed by atoms with Crippen LogP contribution in [0, 0.1) is 25.1 Å². The molecular weight excluding hydrogens is 979 g/mol. The summed E-state index contributed by atoms with van der Waals surface area (Å²) in [5, 5.41) is 0. The second kappa shape index (κ2) is 20.6. The third kappa shape index (κ3) is 10.3. The van der Waals surface area contributed by atoms with Gasteiger partial charge in [-0.3, -0.25) is 0 Å². The van der Waals surface area contributed by atoms with Gasteiger partial charge in [0.05, 0.1) is 0 Å². The van der Waals surface area contributed by atoms with Gasteiger partial charge in [0.15, 0.2) is 0 Å². The van der Waals surface area contributed by atoms with Crippen LogP contribution < -0.4 is 0 Å². The maximum atomic E-state index is 4.81. The minimum absolute atomic E-state index is 0. The van der Waals surface area contributed by atoms with E-state index in [-0.39, 0.29) is 20.1 Å². The zero-order valence-corrected chi connectivity index (χ0v) is 39.1. The summed E-state index contributed by atoms with van der Waals surface area (Å²) < 4.78 is 0. The Labute approximate surface area is 402 Å². The zero-order valence-electron chi connectivity index (χ0n) is 36.7. The molecule has 10 rings (SSSR count). The van der Waals surface area contributed by atoms with Crippen molar-refractivity contribution in [2.45, 2.75) is 32.6 Å². The van der Waals surface area contributed by atoms with Gasteiger partial charge >= 0.3 is 20.1 Å². The first kappa shape index (κ1) is 43.9. The molecule has 0 aliphatic heterocycles. The van der Waals surface area contributed by atoms with Crippen molar-refractivity contribution in [2.24, 2.45) is 0 Å². The average molecular weight is 1030 g/mol. The molecule has 0 bridgehead atoms. The van der Waals surface area contributed by atoms with Gasteiger partial charge in [-0.05, 0) is 99.6 Å². The average Bonchev–Trinajstić information content (AvgIpc) is 3.38. The quantitative estimate of drug-likeness (QED) is 0.108. The van der Waals surface area contributed by atoms with Crippen molar-refractivity contribution in [2.75, 3.05) is 0 Å². The molecule has 0 spiro atoms. The molecule has 0 saturated carbocycles. The first-order valence-corrected chi connectivity index (χ1v) is 22.3. The van der Waals surface area contributed by atoms with Crippen molar-refractivity contribution in [1.29, 1.82) is 0 Å². The smallest absolute Gasteiger partial charge is 0.305 e. The van der Waals surface area contributed by atoms with E-state index in [4.69, 9.17) is 4.98 Å². The van der Waals surface area contributed by atoms with Gasteiger partial charge < -0.3 is 15.0 Å². The zero-order chi connectivity index (χ0) is 43.8. The van der Waals surface area contributed by atoms with Crippen molar-refractivity contribution >= 4 is 0 Å². The van der Waals surface area contributed by atoms with Crippen LogP contribution in [0.4, 0.5) is 0 Å². The van der Waals surface area contributed by atoms with E-state index in [2.05, 4.69) is 193 Å². The third-order valence-corrected chi connectivity index (χ3v) is 12.0. The molecule has 0 N–H and O–H groups in total. The molecule has 0 aliphatic carbocycles. The summed E-state index contributed by atoms with van der Waals surface area (Å²) in [5.74, 6) is 0. The van der Waals surface area contributed by atoms with E-state index >= 15 is 0 Å². The SMILES string of the molecule is Cc1ccc(-c2[c-]cc(-c3ccccc3-c3cc(CCc4c[c-]c(-c5ccccn5)cc4)cc(CCc4c[c-]c(-c5ccccn5)cc4)c3)c(-c3cccc(-c4ccccc4)c3)c2)nc1.[Ir+3]. The number of hydrogen-bond acceptors (Lipinski definition) is 3. The van der Waals surface area contributed by atoms with Crippen LogP contribution >= 0.6 is 0 Å². The molecule has 0 amide bonds. The van der Waals surface area contributed by atoms with E-state index in [9.17, 15) is 0 Å². The molecule has 0 unspecified atom stereocenters. The van der Waals surface area contributed by atoms with Crippen LogP contribution in [0.5, 0.6) is 0 Å². The van der Waals surface area contributed by atoms with Gasteiger partial charge in [-0.25, -0.2) is 0 Å². The molecule has 0 aliphatic rings. The third-order valence-electron chi connectivity index (χ3n) is 12.0. The van der Waals surface area contributed by atoms with Crippen LogP contribution in [-0.4, -0.2) is 15.0 Å². The normalized spacial score (nSPS) is 10.9. The van der Waals surface area contributed by atoms with Gasteiger partial charge in [0, 0.05) is 18.6 Å². The summed E-state index contributed by atoms with van der Waals surface area (Å²) in [6.45, 7) is 2.07. The molecule has 0 radical (unpaired) electrons. The number of rotatable bonds is 13. The summed E-state index contributed by atoms with van der Waals surface area (Å²) in [7, 11) is 0. The van der Waals surface area contributed by atoms with Gasteiger partial charge in [-0.15, -0.1) is 94.5 Å². The fourth-order valence-electron chi connectivity index (χ4n) is 8.57. The second-order valence-electron chi connectivity index (χ2n) is 16.6. The molecule has 10 aromatic rings. The Bertz CT molecular complexity index is 3060. The van der Waals surface area contributed by atoms with E-state index in [0.29, 0.717) is 0 Å². The number of pyridine rings is 3. The Balaban J connectivity index is 0.00000548. The summed E-state index contributed by atoms with van der Waals surface area (Å²) in [6.07, 6.45) is 9.19. The van der Waals surface area contributed by atoms with E-state index in [1.165, 1.54) is 44.5 Å². The van der Waals surface area contributed by atoms with E-state index < -0.39 is 0 Å². The topological polar surface area (TPSA) is 38.7 Å². The summed E-state index contributed by atoms with van der Waals surface area (Å²) in [5.41, 5.74) is 21.3. The van der Waals surface area contributed by atoms with Crippen LogP contribution in [0.15, 0.2) is 213 Å². The van der Waals surface area contributed by atoms with Crippen LogP contribution in [0.1, 0.15) is 27.8 Å². The molecule has 7 aromatic carbocycles. The van der Waals surface area contributed by atoms with Crippen molar-refractivity contribution in [3.8, 4) is 78.3 Å². The fraction of sp³-hybridized carbons (Fsp3) is 0.0806. The molecule has 0 atom stereocenters. The van der Waals surface area contributed by atoms with Gasteiger partial charge in [0.1, 0.15) is 0 Å². The molecule has 318 valence electrons. The number of nitrogens with zero attached hydrogens (tertiary/aromatic N) is 3. The maximum Gasteiger partial charge on any atom is 3.00 e. The number of benzene rings is 7. The molecule has 0 fully saturated rings. The van der Waals surface area contributed by atoms with Crippen molar-refractivity contribution in [3.05, 3.63) is 259 Å². The molecular formula is C62H46IrN3. The molecule has 66 heavy (non-hydrogen) atoms. The van der Waals surface area contributed by atoms with Crippen molar-refractivity contribution in [3.63, 3.8) is 0 Å². The first-order chi connectivity index (χ1) is 32.1. The van der Waals surface area contributed by atoms with Crippen LogP contribution in [-0.2, 0) is 45.8 Å². The number of hydrogen-bond donors (Lipinski definition) is 0. The van der Waals surface area contributed by atoms with E-state index in [0.717, 1.165) is 87.3 Å². The van der Waals surface area contributed by atoms with Crippen LogP contribution in [0.3, 0.4) is 0 Å². The Kier molecular flexibility index (Phi) is 13.7. The molecule has 4 heteroatoms. The molecule has 3 heterocycles. The van der Waals surface area contributed by atoms with Gasteiger partial charge in [0.2, 0.25) is 0 Å².